The summed E-state index contributed by atoms with van der Waals surface area (Å²) in [6.45, 7) is 0. The summed E-state index contributed by atoms with van der Waals surface area (Å²) in [5, 5.41) is 3.81. The number of rotatable bonds is 2. The van der Waals surface area contributed by atoms with E-state index in [0.717, 1.165) is 17.7 Å². The summed E-state index contributed by atoms with van der Waals surface area (Å²) in [5.74, 6) is 0.0728. The summed E-state index contributed by atoms with van der Waals surface area (Å²) >= 11 is 0. The predicted octanol–water partition coefficient (Wildman–Crippen LogP) is 5.15. The van der Waals surface area contributed by atoms with Crippen LogP contribution in [0.4, 0.5) is 0 Å². The van der Waals surface area contributed by atoms with Crippen molar-refractivity contribution in [3.05, 3.63) is 77.4 Å². The molecule has 0 amide bonds. The van der Waals surface area contributed by atoms with Crippen LogP contribution in [0.2, 0.25) is 0 Å². The monoisotopic (exact) mass is 331 g/mol. The summed E-state index contributed by atoms with van der Waals surface area (Å²) < 4.78 is 0. The number of carbonyl (C=O) groups is 1. The highest BCUT2D eigenvalue weighted by Gasteiger charge is 2.36. The lowest BCUT2D eigenvalue weighted by Crippen LogP contribution is -2.48. The molecule has 2 aliphatic rings. The molecule has 1 fully saturated rings. The second-order valence-corrected chi connectivity index (χ2v) is 7.44. The molecule has 1 N–H and O–H groups in total. The Labute approximate surface area is 150 Å². The zero-order valence-corrected chi connectivity index (χ0v) is 14.6. The maximum Gasteiger partial charge on any atom is 0.187 e. The van der Waals surface area contributed by atoms with Gasteiger partial charge >= 0.3 is 0 Å². The molecule has 1 spiro atoms. The maximum atomic E-state index is 12.7. The van der Waals surface area contributed by atoms with Crippen LogP contribution in [-0.2, 0) is 6.42 Å². The molecule has 2 heteroatoms. The van der Waals surface area contributed by atoms with Crippen LogP contribution in [0, 0.1) is 0 Å². The number of benzene rings is 2. The van der Waals surface area contributed by atoms with Crippen LogP contribution < -0.4 is 5.32 Å². The van der Waals surface area contributed by atoms with Gasteiger partial charge in [-0.05, 0) is 24.8 Å². The molecular formula is C23H25NO. The van der Waals surface area contributed by atoms with Gasteiger partial charge in [0.25, 0.3) is 0 Å². The number of allylic oxidation sites excluding steroid dienone is 1. The SMILES string of the molecule is O=C(C=C1NC2(CCCCCC2)Cc2ccccc21)c1ccccc1. The molecule has 0 aromatic heterocycles. The lowest BCUT2D eigenvalue weighted by Gasteiger charge is -2.41. The molecule has 25 heavy (non-hydrogen) atoms. The van der Waals surface area contributed by atoms with Crippen LogP contribution in [0.1, 0.15) is 60.0 Å². The highest BCUT2D eigenvalue weighted by Crippen LogP contribution is 2.38. The lowest BCUT2D eigenvalue weighted by molar-refractivity contribution is 0.104. The molecule has 0 unspecified atom stereocenters. The van der Waals surface area contributed by atoms with Crippen molar-refractivity contribution < 1.29 is 4.79 Å². The number of hydrogen-bond acceptors (Lipinski definition) is 2. The third kappa shape index (κ3) is 3.39. The predicted molar refractivity (Wildman–Crippen MR) is 102 cm³/mol. The van der Waals surface area contributed by atoms with Gasteiger partial charge in [0, 0.05) is 28.4 Å². The number of nitrogens with one attached hydrogen (secondary N) is 1. The first-order valence-corrected chi connectivity index (χ1v) is 9.43. The van der Waals surface area contributed by atoms with Gasteiger partial charge in [-0.1, -0.05) is 80.3 Å². The van der Waals surface area contributed by atoms with Crippen LogP contribution in [0.15, 0.2) is 60.7 Å². The molecule has 1 aliphatic carbocycles. The highest BCUT2D eigenvalue weighted by molar-refractivity contribution is 6.08. The number of carbonyl (C=O) groups excluding carboxylic acids is 1. The molecule has 1 saturated carbocycles. The minimum absolute atomic E-state index is 0.0728. The Balaban J connectivity index is 1.72. The van der Waals surface area contributed by atoms with Gasteiger partial charge in [0.2, 0.25) is 0 Å². The Morgan fingerprint density at radius 3 is 2.32 bits per heavy atom. The molecule has 1 aliphatic heterocycles. The van der Waals surface area contributed by atoms with E-state index in [9.17, 15) is 4.79 Å². The van der Waals surface area contributed by atoms with Crippen molar-refractivity contribution >= 4 is 11.5 Å². The van der Waals surface area contributed by atoms with Crippen LogP contribution in [0.5, 0.6) is 0 Å². The van der Waals surface area contributed by atoms with Gasteiger partial charge in [-0.25, -0.2) is 0 Å². The minimum atomic E-state index is 0.0728. The second-order valence-electron chi connectivity index (χ2n) is 7.44. The van der Waals surface area contributed by atoms with Gasteiger partial charge in [0.15, 0.2) is 5.78 Å². The normalized spacial score (nSPS) is 20.6. The van der Waals surface area contributed by atoms with Crippen LogP contribution >= 0.6 is 0 Å². The summed E-state index contributed by atoms with van der Waals surface area (Å²) in [6.07, 6.45) is 10.5. The van der Waals surface area contributed by atoms with E-state index in [1.165, 1.54) is 49.7 Å². The number of hydrogen-bond donors (Lipinski definition) is 1. The minimum Gasteiger partial charge on any atom is -0.379 e. The number of fused-ring (bicyclic) bond motifs is 1. The topological polar surface area (TPSA) is 29.1 Å². The van der Waals surface area contributed by atoms with E-state index in [4.69, 9.17) is 0 Å². The van der Waals surface area contributed by atoms with Crippen LogP contribution in [-0.4, -0.2) is 11.3 Å². The Hall–Kier alpha value is -2.35. The average Bonchev–Trinajstić information content (AvgIpc) is 2.87. The molecule has 2 aromatic carbocycles. The third-order valence-electron chi connectivity index (χ3n) is 5.63. The largest absolute Gasteiger partial charge is 0.379 e. The zero-order valence-electron chi connectivity index (χ0n) is 14.6. The quantitative estimate of drug-likeness (QED) is 0.609. The highest BCUT2D eigenvalue weighted by atomic mass is 16.1. The summed E-state index contributed by atoms with van der Waals surface area (Å²) in [4.78, 5) is 12.7. The molecule has 1 heterocycles. The smallest absolute Gasteiger partial charge is 0.187 e. The molecule has 0 bridgehead atoms. The van der Waals surface area contributed by atoms with Gasteiger partial charge < -0.3 is 5.32 Å². The molecule has 2 aromatic rings. The van der Waals surface area contributed by atoms with E-state index in [1.807, 2.05) is 30.3 Å². The standard InChI is InChI=1S/C23H25NO/c25-22(18-10-4-3-5-11-18)16-21-20-13-7-6-12-19(20)17-23(24-21)14-8-1-2-9-15-23/h3-7,10-13,16,24H,1-2,8-9,14-15,17H2. The fourth-order valence-corrected chi connectivity index (χ4v) is 4.34. The van der Waals surface area contributed by atoms with Crippen LogP contribution in [0.3, 0.4) is 0 Å². The summed E-state index contributed by atoms with van der Waals surface area (Å²) in [5.41, 5.74) is 4.41. The summed E-state index contributed by atoms with van der Waals surface area (Å²) in [7, 11) is 0. The van der Waals surface area contributed by atoms with Crippen molar-refractivity contribution in [2.75, 3.05) is 0 Å². The van der Waals surface area contributed by atoms with Crippen molar-refractivity contribution in [3.63, 3.8) is 0 Å². The van der Waals surface area contributed by atoms with Crippen molar-refractivity contribution in [1.29, 1.82) is 0 Å². The average molecular weight is 331 g/mol. The van der Waals surface area contributed by atoms with Crippen molar-refractivity contribution in [1.82, 2.24) is 5.32 Å². The summed E-state index contributed by atoms with van der Waals surface area (Å²) in [6, 6.07) is 18.1. The fraction of sp³-hybridized carbons (Fsp3) is 0.348. The van der Waals surface area contributed by atoms with Gasteiger partial charge in [-0.3, -0.25) is 4.79 Å². The second kappa shape index (κ2) is 6.87. The Kier molecular flexibility index (Phi) is 4.44. The molecule has 2 nitrogen and oxygen atoms in total. The van der Waals surface area contributed by atoms with E-state index >= 15 is 0 Å². The molecular weight excluding hydrogens is 306 g/mol. The molecule has 0 atom stereocenters. The van der Waals surface area contributed by atoms with Crippen molar-refractivity contribution in [2.45, 2.75) is 50.5 Å². The molecule has 4 rings (SSSR count). The maximum absolute atomic E-state index is 12.7. The van der Waals surface area contributed by atoms with Crippen molar-refractivity contribution in [3.8, 4) is 0 Å². The molecule has 128 valence electrons. The zero-order chi connectivity index (χ0) is 17.1. The van der Waals surface area contributed by atoms with Crippen molar-refractivity contribution in [2.24, 2.45) is 0 Å². The van der Waals surface area contributed by atoms with Gasteiger partial charge in [0.1, 0.15) is 0 Å². The molecule has 0 radical (unpaired) electrons. The van der Waals surface area contributed by atoms with E-state index in [2.05, 4.69) is 29.6 Å². The van der Waals surface area contributed by atoms with Gasteiger partial charge in [-0.2, -0.15) is 0 Å². The van der Waals surface area contributed by atoms with E-state index in [-0.39, 0.29) is 11.3 Å². The lowest BCUT2D eigenvalue weighted by atomic mass is 9.78. The Morgan fingerprint density at radius 2 is 1.56 bits per heavy atom. The van der Waals surface area contributed by atoms with Gasteiger partial charge in [0.05, 0.1) is 0 Å². The van der Waals surface area contributed by atoms with E-state index < -0.39 is 0 Å². The molecule has 0 saturated heterocycles. The Morgan fingerprint density at radius 1 is 0.880 bits per heavy atom. The number of ketones is 1. The Bertz CT molecular complexity index is 783. The first-order chi connectivity index (χ1) is 12.3. The van der Waals surface area contributed by atoms with Gasteiger partial charge in [-0.15, -0.1) is 0 Å². The van der Waals surface area contributed by atoms with E-state index in [1.54, 1.807) is 6.08 Å². The first-order valence-electron chi connectivity index (χ1n) is 9.43. The van der Waals surface area contributed by atoms with Crippen LogP contribution in [0.25, 0.3) is 5.70 Å². The third-order valence-corrected chi connectivity index (χ3v) is 5.63. The first kappa shape index (κ1) is 16.1. The van der Waals surface area contributed by atoms with E-state index in [0.29, 0.717) is 0 Å². The fourth-order valence-electron chi connectivity index (χ4n) is 4.34.